The standard InChI is InChI=1S/C16H29N3O4S/c1-3-8-17-15(20)14-5-4-9-18(12-14)16(21)13-6-10-19(11-7-13)24(2,22)23/h13-14H,3-12H2,1-2H3,(H,17,20). The van der Waals surface area contributed by atoms with Crippen LogP contribution in [0.1, 0.15) is 39.0 Å². The molecule has 2 heterocycles. The van der Waals surface area contributed by atoms with E-state index in [1.165, 1.54) is 10.6 Å². The number of sulfonamides is 1. The molecule has 0 radical (unpaired) electrons. The smallest absolute Gasteiger partial charge is 0.225 e. The molecule has 1 atom stereocenters. The molecular formula is C16H29N3O4S. The molecule has 7 nitrogen and oxygen atoms in total. The van der Waals surface area contributed by atoms with E-state index in [-0.39, 0.29) is 23.7 Å². The molecule has 2 saturated heterocycles. The SMILES string of the molecule is CCCNC(=O)C1CCCN(C(=O)C2CCN(S(C)(=O)=O)CC2)C1. The number of hydrogen-bond acceptors (Lipinski definition) is 4. The molecule has 2 rings (SSSR count). The Balaban J connectivity index is 1.87. The topological polar surface area (TPSA) is 86.8 Å². The summed E-state index contributed by atoms with van der Waals surface area (Å²) in [6.45, 7) is 4.68. The molecule has 138 valence electrons. The summed E-state index contributed by atoms with van der Waals surface area (Å²) in [6, 6.07) is 0. The fourth-order valence-corrected chi connectivity index (χ4v) is 4.35. The van der Waals surface area contributed by atoms with Crippen molar-refractivity contribution < 1.29 is 18.0 Å². The van der Waals surface area contributed by atoms with Gasteiger partial charge in [-0.2, -0.15) is 0 Å². The Labute approximate surface area is 144 Å². The summed E-state index contributed by atoms with van der Waals surface area (Å²) in [5.74, 6) is -0.122. The van der Waals surface area contributed by atoms with E-state index in [4.69, 9.17) is 0 Å². The van der Waals surface area contributed by atoms with Crippen LogP contribution in [0.5, 0.6) is 0 Å². The lowest BCUT2D eigenvalue weighted by atomic mass is 9.92. The molecule has 1 N–H and O–H groups in total. The fraction of sp³-hybridized carbons (Fsp3) is 0.875. The minimum Gasteiger partial charge on any atom is -0.356 e. The number of nitrogens with zero attached hydrogens (tertiary/aromatic N) is 2. The first-order valence-corrected chi connectivity index (χ1v) is 10.7. The van der Waals surface area contributed by atoms with E-state index in [1.807, 2.05) is 6.92 Å². The van der Waals surface area contributed by atoms with Gasteiger partial charge in [0, 0.05) is 38.6 Å². The number of carbonyl (C=O) groups excluding carboxylic acids is 2. The molecule has 0 aromatic rings. The molecule has 1 unspecified atom stereocenters. The Morgan fingerprint density at radius 3 is 2.33 bits per heavy atom. The van der Waals surface area contributed by atoms with Crippen molar-refractivity contribution in [2.75, 3.05) is 39.0 Å². The summed E-state index contributed by atoms with van der Waals surface area (Å²) in [5, 5.41) is 2.91. The van der Waals surface area contributed by atoms with Crippen LogP contribution in [-0.2, 0) is 19.6 Å². The zero-order valence-electron chi connectivity index (χ0n) is 14.7. The normalized spacial score (nSPS) is 23.9. The molecule has 0 aliphatic carbocycles. The van der Waals surface area contributed by atoms with Crippen molar-refractivity contribution in [1.82, 2.24) is 14.5 Å². The Hall–Kier alpha value is -1.15. The van der Waals surface area contributed by atoms with E-state index in [2.05, 4.69) is 5.32 Å². The first kappa shape index (κ1) is 19.2. The van der Waals surface area contributed by atoms with Gasteiger partial charge in [-0.3, -0.25) is 9.59 Å². The molecular weight excluding hydrogens is 330 g/mol. The van der Waals surface area contributed by atoms with Crippen molar-refractivity contribution in [3.63, 3.8) is 0 Å². The Kier molecular flexibility index (Phi) is 6.62. The Bertz CT molecular complexity index is 556. The van der Waals surface area contributed by atoms with Crippen LogP contribution in [0.2, 0.25) is 0 Å². The third kappa shape index (κ3) is 4.92. The van der Waals surface area contributed by atoms with Gasteiger partial charge in [-0.1, -0.05) is 6.92 Å². The van der Waals surface area contributed by atoms with Gasteiger partial charge in [0.25, 0.3) is 0 Å². The number of likely N-dealkylation sites (tertiary alicyclic amines) is 1. The maximum Gasteiger partial charge on any atom is 0.225 e. The number of nitrogens with one attached hydrogen (secondary N) is 1. The van der Waals surface area contributed by atoms with Crippen LogP contribution in [0.3, 0.4) is 0 Å². The van der Waals surface area contributed by atoms with Crippen LogP contribution in [-0.4, -0.2) is 68.4 Å². The van der Waals surface area contributed by atoms with Crippen molar-refractivity contribution >= 4 is 21.8 Å². The van der Waals surface area contributed by atoms with Crippen molar-refractivity contribution in [3.05, 3.63) is 0 Å². The lowest BCUT2D eigenvalue weighted by Crippen LogP contribution is -2.49. The van der Waals surface area contributed by atoms with E-state index in [0.29, 0.717) is 45.6 Å². The summed E-state index contributed by atoms with van der Waals surface area (Å²) in [4.78, 5) is 26.7. The van der Waals surface area contributed by atoms with Crippen LogP contribution < -0.4 is 5.32 Å². The summed E-state index contributed by atoms with van der Waals surface area (Å²) >= 11 is 0. The van der Waals surface area contributed by atoms with E-state index in [9.17, 15) is 18.0 Å². The molecule has 2 aliphatic heterocycles. The predicted octanol–water partition coefficient (Wildman–Crippen LogP) is 0.423. The summed E-state index contributed by atoms with van der Waals surface area (Å²) in [6.07, 6.45) is 4.91. The van der Waals surface area contributed by atoms with Gasteiger partial charge in [-0.05, 0) is 32.1 Å². The van der Waals surface area contributed by atoms with Gasteiger partial charge in [0.1, 0.15) is 0 Å². The third-order valence-corrected chi connectivity index (χ3v) is 6.23. The minimum atomic E-state index is -3.17. The van der Waals surface area contributed by atoms with E-state index >= 15 is 0 Å². The van der Waals surface area contributed by atoms with Crippen LogP contribution in [0, 0.1) is 11.8 Å². The fourth-order valence-electron chi connectivity index (χ4n) is 3.48. The highest BCUT2D eigenvalue weighted by atomic mass is 32.2. The van der Waals surface area contributed by atoms with Crippen LogP contribution in [0.15, 0.2) is 0 Å². The minimum absolute atomic E-state index is 0.0428. The molecule has 8 heteroatoms. The second-order valence-corrected chi connectivity index (χ2v) is 8.83. The van der Waals surface area contributed by atoms with Gasteiger partial charge in [-0.25, -0.2) is 12.7 Å². The molecule has 2 fully saturated rings. The Morgan fingerprint density at radius 2 is 1.75 bits per heavy atom. The van der Waals surface area contributed by atoms with Crippen molar-refractivity contribution in [2.45, 2.75) is 39.0 Å². The number of hydrogen-bond donors (Lipinski definition) is 1. The largest absolute Gasteiger partial charge is 0.356 e. The number of amides is 2. The van der Waals surface area contributed by atoms with Crippen molar-refractivity contribution in [1.29, 1.82) is 0 Å². The zero-order valence-corrected chi connectivity index (χ0v) is 15.5. The summed E-state index contributed by atoms with van der Waals surface area (Å²) < 4.78 is 24.5. The number of piperidine rings is 2. The summed E-state index contributed by atoms with van der Waals surface area (Å²) in [7, 11) is -3.17. The molecule has 2 amide bonds. The maximum atomic E-state index is 12.7. The first-order chi connectivity index (χ1) is 11.3. The van der Waals surface area contributed by atoms with Gasteiger partial charge < -0.3 is 10.2 Å². The van der Waals surface area contributed by atoms with Crippen molar-refractivity contribution in [3.8, 4) is 0 Å². The molecule has 24 heavy (non-hydrogen) atoms. The number of rotatable bonds is 5. The maximum absolute atomic E-state index is 12.7. The van der Waals surface area contributed by atoms with Gasteiger partial charge in [0.15, 0.2) is 0 Å². The highest BCUT2D eigenvalue weighted by Gasteiger charge is 2.34. The lowest BCUT2D eigenvalue weighted by Gasteiger charge is -2.36. The van der Waals surface area contributed by atoms with Gasteiger partial charge in [0.2, 0.25) is 21.8 Å². The van der Waals surface area contributed by atoms with Gasteiger partial charge >= 0.3 is 0 Å². The van der Waals surface area contributed by atoms with E-state index < -0.39 is 10.0 Å². The van der Waals surface area contributed by atoms with Crippen LogP contribution in [0.4, 0.5) is 0 Å². The second-order valence-electron chi connectivity index (χ2n) is 6.85. The highest BCUT2D eigenvalue weighted by molar-refractivity contribution is 7.88. The van der Waals surface area contributed by atoms with E-state index in [1.54, 1.807) is 4.90 Å². The quantitative estimate of drug-likeness (QED) is 0.771. The first-order valence-electron chi connectivity index (χ1n) is 8.84. The molecule has 0 saturated carbocycles. The van der Waals surface area contributed by atoms with Gasteiger partial charge in [-0.15, -0.1) is 0 Å². The Morgan fingerprint density at radius 1 is 1.08 bits per heavy atom. The molecule has 0 aromatic heterocycles. The molecule has 0 aromatic carbocycles. The molecule has 0 bridgehead atoms. The highest BCUT2D eigenvalue weighted by Crippen LogP contribution is 2.24. The van der Waals surface area contributed by atoms with Crippen molar-refractivity contribution in [2.24, 2.45) is 11.8 Å². The average Bonchev–Trinajstić information content (AvgIpc) is 2.58. The predicted molar refractivity (Wildman–Crippen MR) is 91.7 cm³/mol. The van der Waals surface area contributed by atoms with Crippen LogP contribution >= 0.6 is 0 Å². The average molecular weight is 359 g/mol. The summed E-state index contributed by atoms with van der Waals surface area (Å²) in [5.41, 5.74) is 0. The lowest BCUT2D eigenvalue weighted by molar-refractivity contribution is -0.140. The third-order valence-electron chi connectivity index (χ3n) is 4.93. The second kappa shape index (κ2) is 8.29. The van der Waals surface area contributed by atoms with E-state index in [0.717, 1.165) is 19.3 Å². The molecule has 0 spiro atoms. The monoisotopic (exact) mass is 359 g/mol. The zero-order chi connectivity index (χ0) is 17.7. The van der Waals surface area contributed by atoms with Gasteiger partial charge in [0.05, 0.1) is 12.2 Å². The molecule has 2 aliphatic rings. The number of carbonyl (C=O) groups is 2. The van der Waals surface area contributed by atoms with Crippen LogP contribution in [0.25, 0.3) is 0 Å².